The molecule has 0 radical (unpaired) electrons. The van der Waals surface area contributed by atoms with E-state index in [1.165, 1.54) is 7.11 Å². The van der Waals surface area contributed by atoms with E-state index in [1.807, 2.05) is 29.8 Å². The summed E-state index contributed by atoms with van der Waals surface area (Å²) >= 11 is 0. The molecule has 1 atom stereocenters. The normalized spacial score (nSPS) is 16.2. The lowest BCUT2D eigenvalue weighted by molar-refractivity contribution is -0.146. The first-order valence-corrected chi connectivity index (χ1v) is 11.0. The van der Waals surface area contributed by atoms with Gasteiger partial charge in [0.2, 0.25) is 0 Å². The first kappa shape index (κ1) is 23.5. The second kappa shape index (κ2) is 9.30. The van der Waals surface area contributed by atoms with Crippen molar-refractivity contribution in [3.05, 3.63) is 51.4 Å². The summed E-state index contributed by atoms with van der Waals surface area (Å²) in [4.78, 5) is 43.9. The molecule has 1 aliphatic rings. The highest BCUT2D eigenvalue weighted by Gasteiger charge is 2.32. The number of pyridine rings is 1. The molecule has 9 nitrogen and oxygen atoms in total. The second-order valence-electron chi connectivity index (χ2n) is 8.37. The van der Waals surface area contributed by atoms with E-state index < -0.39 is 22.8 Å². The molecular weight excluding hydrogens is 445 g/mol. The molecular formula is C24H26FN3O6. The van der Waals surface area contributed by atoms with Crippen LogP contribution >= 0.6 is 0 Å². The molecule has 0 amide bonds. The number of esters is 1. The Kier molecular flexibility index (Phi) is 6.43. The molecule has 4 rings (SSSR count). The van der Waals surface area contributed by atoms with Gasteiger partial charge in [-0.2, -0.15) is 0 Å². The highest BCUT2D eigenvalue weighted by atomic mass is 19.3. The van der Waals surface area contributed by atoms with Gasteiger partial charge in [-0.05, 0) is 49.6 Å². The number of fused-ring (bicyclic) bond motifs is 1. The number of aromatic nitrogens is 2. The van der Waals surface area contributed by atoms with Gasteiger partial charge in [0.15, 0.2) is 5.56 Å². The maximum Gasteiger partial charge on any atom is 0.388 e. The second-order valence-corrected chi connectivity index (χ2v) is 8.37. The zero-order chi connectivity index (χ0) is 24.6. The number of aryl methyl sites for hydroxylation is 1. The van der Waals surface area contributed by atoms with Gasteiger partial charge in [-0.3, -0.25) is 14.5 Å². The van der Waals surface area contributed by atoms with E-state index in [1.54, 1.807) is 13.0 Å². The lowest BCUT2D eigenvalue weighted by Gasteiger charge is -2.22. The number of halogens is 1. The summed E-state index contributed by atoms with van der Waals surface area (Å²) < 4.78 is 19.4. The van der Waals surface area contributed by atoms with Crippen LogP contribution in [0.5, 0.6) is 5.75 Å². The van der Waals surface area contributed by atoms with E-state index >= 15 is 0 Å². The predicted octanol–water partition coefficient (Wildman–Crippen LogP) is 2.98. The van der Waals surface area contributed by atoms with Gasteiger partial charge in [-0.15, -0.1) is 0 Å². The van der Waals surface area contributed by atoms with Crippen LogP contribution in [0.3, 0.4) is 0 Å². The Balaban J connectivity index is 1.74. The highest BCUT2D eigenvalue weighted by molar-refractivity contribution is 5.93. The van der Waals surface area contributed by atoms with Gasteiger partial charge in [-0.1, -0.05) is 13.0 Å². The van der Waals surface area contributed by atoms with Crippen LogP contribution in [0, 0.1) is 0 Å². The number of rotatable bonds is 6. The largest absolute Gasteiger partial charge is 0.506 e. The van der Waals surface area contributed by atoms with Crippen LogP contribution in [0.1, 0.15) is 41.4 Å². The summed E-state index contributed by atoms with van der Waals surface area (Å²) in [5.74, 6) is -2.37. The van der Waals surface area contributed by atoms with Crippen molar-refractivity contribution in [2.45, 2.75) is 38.8 Å². The Bertz CT molecular complexity index is 1330. The summed E-state index contributed by atoms with van der Waals surface area (Å²) in [5, 5.41) is 11.4. The Morgan fingerprint density at radius 3 is 2.74 bits per heavy atom. The van der Waals surface area contributed by atoms with Crippen LogP contribution in [0.25, 0.3) is 22.2 Å². The smallest absolute Gasteiger partial charge is 0.388 e. The van der Waals surface area contributed by atoms with Gasteiger partial charge >= 0.3 is 11.9 Å². The zero-order valence-corrected chi connectivity index (χ0v) is 19.2. The maximum atomic E-state index is 12.4. The Morgan fingerprint density at radius 1 is 1.29 bits per heavy atom. The quantitative estimate of drug-likeness (QED) is 0.531. The van der Waals surface area contributed by atoms with Gasteiger partial charge in [0.1, 0.15) is 11.8 Å². The van der Waals surface area contributed by atoms with Crippen LogP contribution in [-0.4, -0.2) is 51.2 Å². The number of likely N-dealkylation sites (tertiary alicyclic amines) is 1. The molecule has 1 aromatic carbocycles. The average molecular weight is 471 g/mol. The number of carbonyl (C=O) groups is 2. The summed E-state index contributed by atoms with van der Waals surface area (Å²) in [6, 6.07) is 7.33. The summed E-state index contributed by atoms with van der Waals surface area (Å²) in [6.45, 7) is 3.13. The summed E-state index contributed by atoms with van der Waals surface area (Å²) in [6.07, 6.45) is 1.98. The van der Waals surface area contributed by atoms with Gasteiger partial charge in [0, 0.05) is 40.3 Å². The number of benzene rings is 1. The van der Waals surface area contributed by atoms with Gasteiger partial charge in [0.25, 0.3) is 5.56 Å². The fourth-order valence-electron chi connectivity index (χ4n) is 4.79. The summed E-state index contributed by atoms with van der Waals surface area (Å²) in [5.41, 5.74) is 1.53. The van der Waals surface area contributed by atoms with Gasteiger partial charge in [-0.25, -0.2) is 9.74 Å². The molecule has 180 valence electrons. The molecule has 1 fully saturated rings. The molecule has 1 aliphatic heterocycles. The fraction of sp³-hybridized carbons (Fsp3) is 0.375. The lowest BCUT2D eigenvalue weighted by atomic mass is 9.99. The number of aromatic hydroxyl groups is 1. The first-order chi connectivity index (χ1) is 16.3. The van der Waals surface area contributed by atoms with Crippen LogP contribution in [0.4, 0.5) is 4.53 Å². The van der Waals surface area contributed by atoms with Crippen molar-refractivity contribution >= 4 is 22.8 Å². The Morgan fingerprint density at radius 2 is 2.06 bits per heavy atom. The first-order valence-electron chi connectivity index (χ1n) is 11.0. The number of nitrogens with zero attached hydrogens (tertiary/aromatic N) is 2. The standard InChI is InChI=1S/C24H26FN3O6/c1-4-16-20(26-22(30)19(21(16)29)24(32)34-25)13-7-8-17-14(10-13)11-15(27(17)2)12-28-9-5-6-18(28)23(31)33-3/h7-8,10-11,18H,4-6,9,12H2,1-3H3,(H2,26,29,30)/t18-/m0/s1. The molecule has 1 saturated heterocycles. The van der Waals surface area contributed by atoms with E-state index in [0.717, 1.165) is 36.0 Å². The third-order valence-corrected chi connectivity index (χ3v) is 6.55. The Labute approximate surface area is 194 Å². The number of carbonyl (C=O) groups excluding carboxylic acids is 2. The van der Waals surface area contributed by atoms with Crippen molar-refractivity contribution in [2.75, 3.05) is 13.7 Å². The van der Waals surface area contributed by atoms with Crippen LogP contribution < -0.4 is 5.56 Å². The number of ether oxygens (including phenoxy) is 1. The Hall–Kier alpha value is -3.66. The molecule has 0 spiro atoms. The number of aromatic amines is 1. The number of hydrogen-bond donors (Lipinski definition) is 2. The maximum absolute atomic E-state index is 12.4. The molecule has 0 aliphatic carbocycles. The van der Waals surface area contributed by atoms with Gasteiger partial charge in [0.05, 0.1) is 12.8 Å². The molecule has 0 saturated carbocycles. The monoisotopic (exact) mass is 471 g/mol. The lowest BCUT2D eigenvalue weighted by Crippen LogP contribution is -2.36. The average Bonchev–Trinajstić information content (AvgIpc) is 3.42. The van der Waals surface area contributed by atoms with E-state index in [9.17, 15) is 24.0 Å². The SMILES string of the molecule is CCc1c(-c2ccc3c(c2)cc(CN2CCC[C@H]2C(=O)OC)n3C)[nH]c(=O)c(C(=O)OF)c1O. The number of hydrogen-bond acceptors (Lipinski definition) is 7. The minimum absolute atomic E-state index is 0.227. The number of nitrogens with one attached hydrogen (secondary N) is 1. The third-order valence-electron chi connectivity index (χ3n) is 6.55. The minimum atomic E-state index is -1.55. The molecule has 3 heterocycles. The van der Waals surface area contributed by atoms with E-state index in [-0.39, 0.29) is 18.4 Å². The number of H-pyrrole nitrogens is 1. The molecule has 2 N–H and O–H groups in total. The third kappa shape index (κ3) is 3.94. The number of methoxy groups -OCH3 is 1. The fourth-order valence-corrected chi connectivity index (χ4v) is 4.79. The van der Waals surface area contributed by atoms with Crippen LogP contribution in [0.2, 0.25) is 0 Å². The predicted molar refractivity (Wildman–Crippen MR) is 122 cm³/mol. The molecule has 0 bridgehead atoms. The van der Waals surface area contributed by atoms with Gasteiger partial charge < -0.3 is 19.4 Å². The molecule has 0 unspecified atom stereocenters. The molecule has 10 heteroatoms. The van der Waals surface area contributed by atoms with Crippen molar-refractivity contribution in [1.29, 1.82) is 0 Å². The molecule has 3 aromatic rings. The van der Waals surface area contributed by atoms with Crippen LogP contribution in [0.15, 0.2) is 29.1 Å². The van der Waals surface area contributed by atoms with Crippen molar-refractivity contribution in [2.24, 2.45) is 7.05 Å². The van der Waals surface area contributed by atoms with E-state index in [0.29, 0.717) is 23.4 Å². The molecule has 34 heavy (non-hydrogen) atoms. The van der Waals surface area contributed by atoms with Crippen LogP contribution in [-0.2, 0) is 34.5 Å². The molecule has 2 aromatic heterocycles. The van der Waals surface area contributed by atoms with Crippen molar-refractivity contribution in [3.63, 3.8) is 0 Å². The topological polar surface area (TPSA) is 114 Å². The highest BCUT2D eigenvalue weighted by Crippen LogP contribution is 2.33. The van der Waals surface area contributed by atoms with E-state index in [2.05, 4.69) is 14.8 Å². The van der Waals surface area contributed by atoms with E-state index in [4.69, 9.17) is 4.74 Å². The minimum Gasteiger partial charge on any atom is -0.506 e. The van der Waals surface area contributed by atoms with Crippen molar-refractivity contribution in [1.82, 2.24) is 14.5 Å². The zero-order valence-electron chi connectivity index (χ0n) is 19.2. The summed E-state index contributed by atoms with van der Waals surface area (Å²) in [7, 11) is 3.35. The van der Waals surface area contributed by atoms with Crippen molar-refractivity contribution in [3.8, 4) is 17.0 Å². The van der Waals surface area contributed by atoms with Crippen molar-refractivity contribution < 1.29 is 28.9 Å².